The predicted molar refractivity (Wildman–Crippen MR) is 89.0 cm³/mol. The zero-order valence-electron chi connectivity index (χ0n) is 13.1. The van der Waals surface area contributed by atoms with Crippen molar-refractivity contribution >= 4 is 22.4 Å². The zero-order chi connectivity index (χ0) is 16.5. The van der Waals surface area contributed by atoms with Gasteiger partial charge >= 0.3 is 0 Å². The van der Waals surface area contributed by atoms with Gasteiger partial charge in [-0.1, -0.05) is 0 Å². The van der Waals surface area contributed by atoms with Gasteiger partial charge in [0.25, 0.3) is 0 Å². The summed E-state index contributed by atoms with van der Waals surface area (Å²) in [7, 11) is -2.36. The standard InChI is InChI=1S/C14H19FN4O2S.ClH/c1-10-8-17-19(9-10)14-5-4-12(6-13(14)15)22(20,21)18(3)11(2)7-16;/h4-6,8-9,11H,7,16H2,1-3H3;1H. The van der Waals surface area contributed by atoms with Crippen LogP contribution < -0.4 is 5.73 Å². The number of nitrogens with two attached hydrogens (primary N) is 1. The number of hydrogen-bond donors (Lipinski definition) is 1. The number of sulfonamides is 1. The molecule has 1 unspecified atom stereocenters. The van der Waals surface area contributed by atoms with Crippen molar-refractivity contribution in [2.75, 3.05) is 13.6 Å². The first-order valence-electron chi connectivity index (χ1n) is 6.76. The number of likely N-dealkylation sites (N-methyl/N-ethyl adjacent to an activating group) is 1. The molecule has 1 atom stereocenters. The van der Waals surface area contributed by atoms with Crippen LogP contribution in [-0.2, 0) is 10.0 Å². The van der Waals surface area contributed by atoms with Crippen molar-refractivity contribution in [1.29, 1.82) is 0 Å². The Morgan fingerprint density at radius 3 is 2.57 bits per heavy atom. The van der Waals surface area contributed by atoms with Gasteiger partial charge in [-0.3, -0.25) is 0 Å². The first kappa shape index (κ1) is 19.6. The third-order valence-electron chi connectivity index (χ3n) is 3.52. The highest BCUT2D eigenvalue weighted by molar-refractivity contribution is 7.89. The summed E-state index contributed by atoms with van der Waals surface area (Å²) >= 11 is 0. The third kappa shape index (κ3) is 3.89. The van der Waals surface area contributed by atoms with Crippen LogP contribution in [0.2, 0.25) is 0 Å². The van der Waals surface area contributed by atoms with Crippen LogP contribution in [0.3, 0.4) is 0 Å². The minimum absolute atomic E-state index is 0. The number of halogens is 2. The van der Waals surface area contributed by atoms with Gasteiger partial charge in [0.1, 0.15) is 11.5 Å². The molecule has 1 aromatic carbocycles. The van der Waals surface area contributed by atoms with Gasteiger partial charge in [0.2, 0.25) is 10.0 Å². The summed E-state index contributed by atoms with van der Waals surface area (Å²) in [5.74, 6) is -0.655. The molecule has 2 N–H and O–H groups in total. The molecule has 2 aromatic rings. The second-order valence-electron chi connectivity index (χ2n) is 5.18. The molecule has 0 spiro atoms. The number of hydrogen-bond acceptors (Lipinski definition) is 4. The van der Waals surface area contributed by atoms with Crippen molar-refractivity contribution in [2.24, 2.45) is 5.73 Å². The first-order valence-corrected chi connectivity index (χ1v) is 8.20. The summed E-state index contributed by atoms with van der Waals surface area (Å²) in [5, 5.41) is 4.02. The molecular formula is C14H20ClFN4O2S. The van der Waals surface area contributed by atoms with Gasteiger partial charge in [0.15, 0.2) is 0 Å². The van der Waals surface area contributed by atoms with Crippen LogP contribution in [0.15, 0.2) is 35.5 Å². The van der Waals surface area contributed by atoms with Gasteiger partial charge < -0.3 is 5.73 Å². The van der Waals surface area contributed by atoms with Crippen LogP contribution >= 0.6 is 12.4 Å². The maximum absolute atomic E-state index is 14.3. The summed E-state index contributed by atoms with van der Waals surface area (Å²) in [5.41, 5.74) is 6.57. The van der Waals surface area contributed by atoms with E-state index in [0.29, 0.717) is 0 Å². The molecule has 9 heteroatoms. The first-order chi connectivity index (χ1) is 10.3. The normalized spacial score (nSPS) is 13.0. The van der Waals surface area contributed by atoms with Gasteiger partial charge in [0.05, 0.1) is 11.1 Å². The smallest absolute Gasteiger partial charge is 0.243 e. The minimum Gasteiger partial charge on any atom is -0.329 e. The molecular weight excluding hydrogens is 343 g/mol. The molecule has 128 valence electrons. The molecule has 0 fully saturated rings. The average molecular weight is 363 g/mol. The lowest BCUT2D eigenvalue weighted by molar-refractivity contribution is 0.394. The maximum Gasteiger partial charge on any atom is 0.243 e. The fourth-order valence-electron chi connectivity index (χ4n) is 1.93. The zero-order valence-corrected chi connectivity index (χ0v) is 14.7. The van der Waals surface area contributed by atoms with Gasteiger partial charge in [-0.25, -0.2) is 17.5 Å². The lowest BCUT2D eigenvalue weighted by Crippen LogP contribution is -2.39. The van der Waals surface area contributed by atoms with Crippen LogP contribution in [0, 0.1) is 12.7 Å². The number of rotatable bonds is 5. The maximum atomic E-state index is 14.3. The van der Waals surface area contributed by atoms with Crippen molar-refractivity contribution in [3.05, 3.63) is 42.0 Å². The van der Waals surface area contributed by atoms with Crippen molar-refractivity contribution in [3.63, 3.8) is 0 Å². The van der Waals surface area contributed by atoms with Gasteiger partial charge in [-0.2, -0.15) is 9.40 Å². The molecule has 0 saturated heterocycles. The second kappa shape index (κ2) is 7.39. The molecule has 0 bridgehead atoms. The topological polar surface area (TPSA) is 81.2 Å². The predicted octanol–water partition coefficient (Wildman–Crippen LogP) is 1.71. The Labute approximate surface area is 141 Å². The number of aryl methyl sites for hydroxylation is 1. The van der Waals surface area contributed by atoms with Crippen LogP contribution in [0.25, 0.3) is 5.69 Å². The Morgan fingerprint density at radius 1 is 1.43 bits per heavy atom. The summed E-state index contributed by atoms with van der Waals surface area (Å²) in [6.45, 7) is 3.71. The Balaban J connectivity index is 0.00000264. The third-order valence-corrected chi connectivity index (χ3v) is 5.48. The van der Waals surface area contributed by atoms with Gasteiger partial charge in [-0.05, 0) is 37.6 Å². The quantitative estimate of drug-likeness (QED) is 0.877. The van der Waals surface area contributed by atoms with E-state index >= 15 is 0 Å². The molecule has 1 aromatic heterocycles. The molecule has 0 aliphatic heterocycles. The molecule has 0 aliphatic carbocycles. The van der Waals surface area contributed by atoms with E-state index in [0.717, 1.165) is 15.9 Å². The van der Waals surface area contributed by atoms with E-state index in [1.165, 1.54) is 23.9 Å². The molecule has 0 amide bonds. The van der Waals surface area contributed by atoms with E-state index in [2.05, 4.69) is 5.10 Å². The average Bonchev–Trinajstić information content (AvgIpc) is 2.91. The fraction of sp³-hybridized carbons (Fsp3) is 0.357. The Morgan fingerprint density at radius 2 is 2.09 bits per heavy atom. The van der Waals surface area contributed by atoms with Crippen LogP contribution in [-0.4, -0.2) is 42.1 Å². The van der Waals surface area contributed by atoms with E-state index in [9.17, 15) is 12.8 Å². The summed E-state index contributed by atoms with van der Waals surface area (Å²) < 4.78 is 41.6. The fourth-order valence-corrected chi connectivity index (χ4v) is 3.31. The molecule has 6 nitrogen and oxygen atoms in total. The molecule has 0 radical (unpaired) electrons. The molecule has 0 saturated carbocycles. The summed E-state index contributed by atoms with van der Waals surface area (Å²) in [6.07, 6.45) is 3.26. The van der Waals surface area contributed by atoms with Crippen molar-refractivity contribution < 1.29 is 12.8 Å². The number of benzene rings is 1. The molecule has 23 heavy (non-hydrogen) atoms. The van der Waals surface area contributed by atoms with Crippen LogP contribution in [0.5, 0.6) is 0 Å². The SMILES string of the molecule is Cc1cnn(-c2ccc(S(=O)(=O)N(C)C(C)CN)cc2F)c1.Cl. The van der Waals surface area contributed by atoms with E-state index in [-0.39, 0.29) is 35.6 Å². The van der Waals surface area contributed by atoms with Gasteiger partial charge in [0, 0.05) is 25.8 Å². The van der Waals surface area contributed by atoms with Crippen LogP contribution in [0.4, 0.5) is 4.39 Å². The minimum atomic E-state index is -3.78. The monoisotopic (exact) mass is 362 g/mol. The highest BCUT2D eigenvalue weighted by atomic mass is 35.5. The summed E-state index contributed by atoms with van der Waals surface area (Å²) in [6, 6.07) is 3.39. The largest absolute Gasteiger partial charge is 0.329 e. The molecule has 0 aliphatic rings. The lowest BCUT2D eigenvalue weighted by Gasteiger charge is -2.23. The highest BCUT2D eigenvalue weighted by Gasteiger charge is 2.25. The van der Waals surface area contributed by atoms with E-state index in [4.69, 9.17) is 5.73 Å². The van der Waals surface area contributed by atoms with Crippen molar-refractivity contribution in [3.8, 4) is 5.69 Å². The van der Waals surface area contributed by atoms with E-state index in [1.807, 2.05) is 6.92 Å². The van der Waals surface area contributed by atoms with Crippen molar-refractivity contribution in [1.82, 2.24) is 14.1 Å². The Kier molecular flexibility index (Phi) is 6.29. The van der Waals surface area contributed by atoms with Crippen LogP contribution in [0.1, 0.15) is 12.5 Å². The van der Waals surface area contributed by atoms with Crippen molar-refractivity contribution in [2.45, 2.75) is 24.8 Å². The number of aromatic nitrogens is 2. The highest BCUT2D eigenvalue weighted by Crippen LogP contribution is 2.21. The Bertz CT molecular complexity index is 779. The Hall–Kier alpha value is -1.48. The molecule has 2 rings (SSSR count). The number of nitrogens with zero attached hydrogens (tertiary/aromatic N) is 3. The van der Waals surface area contributed by atoms with Gasteiger partial charge in [-0.15, -0.1) is 12.4 Å². The van der Waals surface area contributed by atoms with E-state index in [1.54, 1.807) is 19.3 Å². The lowest BCUT2D eigenvalue weighted by atomic mass is 10.3. The summed E-state index contributed by atoms with van der Waals surface area (Å²) in [4.78, 5) is -0.111. The van der Waals surface area contributed by atoms with E-state index < -0.39 is 15.8 Å². The molecule has 1 heterocycles. The second-order valence-corrected chi connectivity index (χ2v) is 7.18.